The Morgan fingerprint density at radius 3 is 2.84 bits per heavy atom. The van der Waals surface area contributed by atoms with Gasteiger partial charge in [0, 0.05) is 30.7 Å². The van der Waals surface area contributed by atoms with Crippen molar-refractivity contribution in [1.82, 2.24) is 9.88 Å². The van der Waals surface area contributed by atoms with Crippen LogP contribution in [0.2, 0.25) is 0 Å². The first-order valence-corrected chi connectivity index (χ1v) is 12.9. The summed E-state index contributed by atoms with van der Waals surface area (Å²) in [5, 5.41) is 7.74. The van der Waals surface area contributed by atoms with Crippen LogP contribution in [0.4, 0.5) is 11.4 Å². The van der Waals surface area contributed by atoms with Gasteiger partial charge in [-0.05, 0) is 61.1 Å². The van der Waals surface area contributed by atoms with Crippen molar-refractivity contribution < 1.29 is 4.74 Å². The molecule has 7 nitrogen and oxygen atoms in total. The summed E-state index contributed by atoms with van der Waals surface area (Å²) < 4.78 is 5.52. The fourth-order valence-corrected chi connectivity index (χ4v) is 6.23. The summed E-state index contributed by atoms with van der Waals surface area (Å²) in [4.78, 5) is 32.5. The van der Waals surface area contributed by atoms with Crippen LogP contribution in [-0.2, 0) is 6.54 Å². The normalized spacial score (nSPS) is 23.7. The van der Waals surface area contributed by atoms with Gasteiger partial charge in [0.15, 0.2) is 0 Å². The molecule has 5 atom stereocenters. The molecule has 0 spiro atoms. The van der Waals surface area contributed by atoms with Gasteiger partial charge in [0.1, 0.15) is 17.1 Å². The highest BCUT2D eigenvalue weighted by atomic mass is 16.5. The van der Waals surface area contributed by atoms with Crippen LogP contribution in [0.25, 0.3) is 10.9 Å². The van der Waals surface area contributed by atoms with Gasteiger partial charge in [-0.25, -0.2) is 12.1 Å². The Bertz CT molecular complexity index is 1500. The highest BCUT2D eigenvalue weighted by Crippen LogP contribution is 2.43. The third kappa shape index (κ3) is 4.13. The van der Waals surface area contributed by atoms with E-state index >= 15 is 0 Å². The van der Waals surface area contributed by atoms with Crippen molar-refractivity contribution in [2.24, 2.45) is 11.8 Å². The minimum absolute atomic E-state index is 0.166. The van der Waals surface area contributed by atoms with E-state index in [9.17, 15) is 9.59 Å². The Morgan fingerprint density at radius 1 is 1.24 bits per heavy atom. The van der Waals surface area contributed by atoms with Crippen LogP contribution in [-0.4, -0.2) is 36.1 Å². The zero-order chi connectivity index (χ0) is 25.5. The van der Waals surface area contributed by atoms with Gasteiger partial charge in [-0.1, -0.05) is 6.08 Å². The number of ether oxygens (including phenoxy) is 1. The lowest BCUT2D eigenvalue weighted by Gasteiger charge is -2.52. The topological polar surface area (TPSA) is 83.6 Å². The van der Waals surface area contributed by atoms with E-state index in [0.717, 1.165) is 53.7 Å². The van der Waals surface area contributed by atoms with E-state index in [1.54, 1.807) is 7.11 Å². The van der Waals surface area contributed by atoms with E-state index in [-0.39, 0.29) is 12.1 Å². The number of nitrogens with one attached hydrogen (secondary N) is 2. The fraction of sp³-hybridized carbons (Fsp3) is 0.333. The standard InChI is InChI=1S/C30H31N4O3/c1-3-19-17-34-13-11-20(19)14-25(34)26(22-10-12-31-24-9-8-21(37-2)15-23(22)24)33-28-27(29(35)30(28)36)32-16-18-6-4-5-7-18/h3-10,12,15,19-20,25-26,32-33H,1,11,13-14,16-17H2,2H3/q-1/t19?,20?,25?,26-/m0/s1. The van der Waals surface area contributed by atoms with Gasteiger partial charge in [0.05, 0.1) is 18.7 Å². The average Bonchev–Trinajstić information content (AvgIpc) is 3.47. The summed E-state index contributed by atoms with van der Waals surface area (Å²) in [5.74, 6) is 1.79. The molecular formula is C30H31N4O3-. The highest BCUT2D eigenvalue weighted by Gasteiger charge is 2.43. The van der Waals surface area contributed by atoms with Gasteiger partial charge in [0.25, 0.3) is 10.9 Å². The molecule has 2 bridgehead atoms. The molecule has 37 heavy (non-hydrogen) atoms. The van der Waals surface area contributed by atoms with Crippen molar-refractivity contribution >= 4 is 22.3 Å². The van der Waals surface area contributed by atoms with Gasteiger partial charge < -0.3 is 15.4 Å². The summed E-state index contributed by atoms with van der Waals surface area (Å²) in [5.41, 5.74) is 2.78. The van der Waals surface area contributed by atoms with E-state index in [4.69, 9.17) is 4.74 Å². The minimum Gasteiger partial charge on any atom is -0.497 e. The Labute approximate surface area is 215 Å². The Morgan fingerprint density at radius 2 is 2.11 bits per heavy atom. The summed E-state index contributed by atoms with van der Waals surface area (Å²) in [6.07, 6.45) is 6.05. The number of methoxy groups -OCH3 is 1. The lowest BCUT2D eigenvalue weighted by Crippen LogP contribution is -2.56. The maximum absolute atomic E-state index is 12.8. The second-order valence-corrected chi connectivity index (χ2v) is 10.2. The maximum atomic E-state index is 12.8. The first kappa shape index (κ1) is 23.6. The van der Waals surface area contributed by atoms with Crippen molar-refractivity contribution in [2.75, 3.05) is 30.8 Å². The molecule has 4 unspecified atom stereocenters. The average molecular weight is 496 g/mol. The molecule has 4 heterocycles. The number of piperidine rings is 3. The number of aromatic nitrogens is 1. The van der Waals surface area contributed by atoms with Crippen molar-refractivity contribution in [3.63, 3.8) is 0 Å². The van der Waals surface area contributed by atoms with Gasteiger partial charge in [-0.15, -0.1) is 12.1 Å². The smallest absolute Gasteiger partial charge is 0.253 e. The summed E-state index contributed by atoms with van der Waals surface area (Å²) in [6, 6.07) is 15.8. The number of nitrogens with zero attached hydrogens (tertiary/aromatic N) is 2. The molecule has 190 valence electrons. The summed E-state index contributed by atoms with van der Waals surface area (Å²) in [6.45, 7) is 6.53. The third-order valence-corrected chi connectivity index (χ3v) is 8.27. The van der Waals surface area contributed by atoms with E-state index in [1.807, 2.05) is 54.7 Å². The molecule has 3 fully saturated rings. The number of pyridine rings is 1. The van der Waals surface area contributed by atoms with Crippen molar-refractivity contribution in [3.8, 4) is 5.75 Å². The molecule has 2 N–H and O–H groups in total. The number of fused-ring (bicyclic) bond motifs is 4. The third-order valence-electron chi connectivity index (χ3n) is 8.27. The Hall–Kier alpha value is -3.84. The lowest BCUT2D eigenvalue weighted by atomic mass is 9.73. The number of hydrogen-bond donors (Lipinski definition) is 2. The molecule has 3 aliphatic rings. The van der Waals surface area contributed by atoms with Crippen molar-refractivity contribution in [1.29, 1.82) is 0 Å². The van der Waals surface area contributed by atoms with E-state index in [2.05, 4.69) is 33.2 Å². The monoisotopic (exact) mass is 495 g/mol. The van der Waals surface area contributed by atoms with Crippen LogP contribution < -0.4 is 26.2 Å². The van der Waals surface area contributed by atoms with Crippen molar-refractivity contribution in [3.05, 3.63) is 99.0 Å². The van der Waals surface area contributed by atoms with E-state index in [1.165, 1.54) is 0 Å². The van der Waals surface area contributed by atoms with E-state index < -0.39 is 10.9 Å². The van der Waals surface area contributed by atoms with Crippen LogP contribution >= 0.6 is 0 Å². The zero-order valence-corrected chi connectivity index (χ0v) is 20.9. The Kier molecular flexibility index (Phi) is 6.08. The SMILES string of the molecule is C=CC1CN2CCC1CC2[C@@H](Nc1c(NCc2ccc[cH-]2)c(=O)c1=O)c1ccnc2ccc(OC)cc12. The quantitative estimate of drug-likeness (QED) is 0.204. The molecule has 7 heteroatoms. The van der Waals surface area contributed by atoms with Crippen LogP contribution in [0.3, 0.4) is 0 Å². The number of anilines is 2. The molecular weight excluding hydrogens is 464 g/mol. The van der Waals surface area contributed by atoms with Gasteiger partial charge >= 0.3 is 0 Å². The second kappa shape index (κ2) is 9.56. The van der Waals surface area contributed by atoms with Crippen molar-refractivity contribution in [2.45, 2.75) is 31.5 Å². The molecule has 1 aromatic heterocycles. The molecule has 0 saturated carbocycles. The summed E-state index contributed by atoms with van der Waals surface area (Å²) in [7, 11) is 1.66. The highest BCUT2D eigenvalue weighted by molar-refractivity contribution is 5.85. The first-order valence-electron chi connectivity index (χ1n) is 12.9. The molecule has 0 amide bonds. The predicted octanol–water partition coefficient (Wildman–Crippen LogP) is 4.22. The molecule has 4 aromatic rings. The predicted molar refractivity (Wildman–Crippen MR) is 147 cm³/mol. The Balaban J connectivity index is 1.40. The first-order chi connectivity index (χ1) is 18.1. The minimum atomic E-state index is -0.467. The molecule has 3 saturated heterocycles. The fourth-order valence-electron chi connectivity index (χ4n) is 6.23. The number of hydrogen-bond acceptors (Lipinski definition) is 7. The van der Waals surface area contributed by atoms with Gasteiger partial charge in [-0.3, -0.25) is 19.5 Å². The number of benzene rings is 1. The zero-order valence-electron chi connectivity index (χ0n) is 20.9. The van der Waals surface area contributed by atoms with Crippen LogP contribution in [0, 0.1) is 11.8 Å². The van der Waals surface area contributed by atoms with Crippen LogP contribution in [0.1, 0.15) is 30.0 Å². The van der Waals surface area contributed by atoms with Gasteiger partial charge in [-0.2, -0.15) is 12.1 Å². The molecule has 3 aromatic carbocycles. The molecule has 7 rings (SSSR count). The van der Waals surface area contributed by atoms with Gasteiger partial charge in [0.2, 0.25) is 0 Å². The molecule has 0 aliphatic carbocycles. The lowest BCUT2D eigenvalue weighted by molar-refractivity contribution is 0.0105. The van der Waals surface area contributed by atoms with Crippen LogP contribution in [0.15, 0.2) is 77.0 Å². The molecule has 3 aliphatic heterocycles. The van der Waals surface area contributed by atoms with Crippen LogP contribution in [0.5, 0.6) is 5.75 Å². The summed E-state index contributed by atoms with van der Waals surface area (Å²) >= 11 is 0. The number of rotatable bonds is 9. The van der Waals surface area contributed by atoms with E-state index in [0.29, 0.717) is 29.8 Å². The second-order valence-electron chi connectivity index (χ2n) is 10.2. The largest absolute Gasteiger partial charge is 0.497 e. The molecule has 0 radical (unpaired) electrons. The maximum Gasteiger partial charge on any atom is 0.253 e.